The highest BCUT2D eigenvalue weighted by molar-refractivity contribution is 5.22. The zero-order valence-electron chi connectivity index (χ0n) is 8.26. The van der Waals surface area contributed by atoms with E-state index >= 15 is 0 Å². The monoisotopic (exact) mass is 189 g/mol. The summed E-state index contributed by atoms with van der Waals surface area (Å²) in [6.07, 6.45) is 3.89. The normalized spacial score (nSPS) is 27.3. The third-order valence-corrected chi connectivity index (χ3v) is 2.61. The second-order valence-electron chi connectivity index (χ2n) is 3.73. The van der Waals surface area contributed by atoms with Crippen LogP contribution in [0, 0.1) is 5.92 Å². The van der Waals surface area contributed by atoms with Crippen molar-refractivity contribution in [2.24, 2.45) is 11.7 Å². The summed E-state index contributed by atoms with van der Waals surface area (Å²) in [4.78, 5) is 0. The van der Waals surface area contributed by atoms with Crippen LogP contribution in [0.5, 0.6) is 0 Å². The summed E-state index contributed by atoms with van der Waals surface area (Å²) in [7, 11) is 0. The second kappa shape index (κ2) is 3.84. The number of benzene rings is 1. The van der Waals surface area contributed by atoms with Crippen LogP contribution in [0.1, 0.15) is 18.6 Å². The lowest BCUT2D eigenvalue weighted by Gasteiger charge is -2.21. The molecule has 0 aromatic heterocycles. The van der Waals surface area contributed by atoms with Crippen LogP contribution in [-0.2, 0) is 4.74 Å². The molecule has 0 saturated heterocycles. The zero-order chi connectivity index (χ0) is 9.97. The summed E-state index contributed by atoms with van der Waals surface area (Å²) >= 11 is 0. The lowest BCUT2D eigenvalue weighted by molar-refractivity contribution is 0.127. The van der Waals surface area contributed by atoms with Gasteiger partial charge in [0.15, 0.2) is 0 Å². The highest BCUT2D eigenvalue weighted by Gasteiger charge is 2.28. The molecule has 1 aromatic rings. The van der Waals surface area contributed by atoms with Crippen molar-refractivity contribution in [2.75, 3.05) is 0 Å². The van der Waals surface area contributed by atoms with Crippen LogP contribution in [0.4, 0.5) is 0 Å². The molecule has 0 saturated carbocycles. The lowest BCUT2D eigenvalue weighted by Crippen LogP contribution is -2.28. The predicted octanol–water partition coefficient (Wildman–Crippen LogP) is 2.24. The highest BCUT2D eigenvalue weighted by atomic mass is 16.5. The van der Waals surface area contributed by atoms with Crippen LogP contribution >= 0.6 is 0 Å². The average molecular weight is 189 g/mol. The largest absolute Gasteiger partial charge is 0.493 e. The first-order valence-electron chi connectivity index (χ1n) is 4.91. The van der Waals surface area contributed by atoms with Crippen LogP contribution < -0.4 is 5.73 Å². The van der Waals surface area contributed by atoms with Crippen molar-refractivity contribution in [2.45, 2.75) is 19.1 Å². The standard InChI is InChI=1S/C12H15NO/c1-9(13)11-7-8-14-12(11)10-5-3-2-4-6-10/h2-9,11-12H,13H2,1H3/t9?,11?,12-/m1/s1. The van der Waals surface area contributed by atoms with Crippen LogP contribution in [0.15, 0.2) is 42.7 Å². The minimum atomic E-state index is 0.0937. The SMILES string of the molecule is CC(N)C1C=CO[C@@H]1c1ccccc1. The van der Waals surface area contributed by atoms with Crippen molar-refractivity contribution < 1.29 is 4.74 Å². The fraction of sp³-hybridized carbons (Fsp3) is 0.333. The minimum Gasteiger partial charge on any atom is -0.493 e. The molecule has 2 rings (SSSR count). The molecule has 2 unspecified atom stereocenters. The van der Waals surface area contributed by atoms with E-state index in [1.165, 1.54) is 5.56 Å². The first-order valence-corrected chi connectivity index (χ1v) is 4.91. The number of ether oxygens (including phenoxy) is 1. The summed E-state index contributed by atoms with van der Waals surface area (Å²) in [5.74, 6) is 0.289. The molecule has 2 N–H and O–H groups in total. The summed E-state index contributed by atoms with van der Waals surface area (Å²) < 4.78 is 5.55. The van der Waals surface area contributed by atoms with Crippen LogP contribution in [0.3, 0.4) is 0 Å². The van der Waals surface area contributed by atoms with Gasteiger partial charge in [0.05, 0.1) is 6.26 Å². The molecule has 0 amide bonds. The molecule has 0 spiro atoms. The van der Waals surface area contributed by atoms with Gasteiger partial charge in [-0.2, -0.15) is 0 Å². The summed E-state index contributed by atoms with van der Waals surface area (Å²) in [5, 5.41) is 0. The molecular formula is C12H15NO. The van der Waals surface area contributed by atoms with E-state index in [-0.39, 0.29) is 18.1 Å². The third kappa shape index (κ3) is 1.66. The van der Waals surface area contributed by atoms with E-state index in [2.05, 4.69) is 12.1 Å². The molecule has 3 atom stereocenters. The van der Waals surface area contributed by atoms with Gasteiger partial charge in [0.1, 0.15) is 6.10 Å². The lowest BCUT2D eigenvalue weighted by atomic mass is 9.92. The Hall–Kier alpha value is -1.28. The van der Waals surface area contributed by atoms with E-state index in [1.807, 2.05) is 31.2 Å². The Morgan fingerprint density at radius 2 is 2.00 bits per heavy atom. The molecule has 2 heteroatoms. The molecular weight excluding hydrogens is 174 g/mol. The molecule has 0 bridgehead atoms. The average Bonchev–Trinajstić information content (AvgIpc) is 2.67. The smallest absolute Gasteiger partial charge is 0.131 e. The van der Waals surface area contributed by atoms with Crippen LogP contribution in [-0.4, -0.2) is 6.04 Å². The van der Waals surface area contributed by atoms with Gasteiger partial charge in [-0.15, -0.1) is 0 Å². The molecule has 2 nitrogen and oxygen atoms in total. The van der Waals surface area contributed by atoms with E-state index in [4.69, 9.17) is 10.5 Å². The summed E-state index contributed by atoms with van der Waals surface area (Å²) in [6, 6.07) is 10.3. The van der Waals surface area contributed by atoms with Gasteiger partial charge in [-0.3, -0.25) is 0 Å². The summed E-state index contributed by atoms with van der Waals surface area (Å²) in [6.45, 7) is 2.01. The van der Waals surface area contributed by atoms with E-state index in [9.17, 15) is 0 Å². The molecule has 0 aliphatic carbocycles. The van der Waals surface area contributed by atoms with Gasteiger partial charge in [0.25, 0.3) is 0 Å². The predicted molar refractivity (Wildman–Crippen MR) is 56.5 cm³/mol. The molecule has 1 heterocycles. The molecule has 1 aromatic carbocycles. The van der Waals surface area contributed by atoms with Crippen molar-refractivity contribution in [1.29, 1.82) is 0 Å². The minimum absolute atomic E-state index is 0.0937. The Balaban J connectivity index is 2.20. The van der Waals surface area contributed by atoms with Crippen molar-refractivity contribution in [3.8, 4) is 0 Å². The van der Waals surface area contributed by atoms with E-state index < -0.39 is 0 Å². The molecule has 1 aliphatic heterocycles. The maximum Gasteiger partial charge on any atom is 0.131 e. The number of hydrogen-bond donors (Lipinski definition) is 1. The van der Waals surface area contributed by atoms with E-state index in [1.54, 1.807) is 6.26 Å². The molecule has 0 fully saturated rings. The zero-order valence-corrected chi connectivity index (χ0v) is 8.26. The van der Waals surface area contributed by atoms with Gasteiger partial charge in [-0.1, -0.05) is 30.3 Å². The van der Waals surface area contributed by atoms with Crippen molar-refractivity contribution in [3.63, 3.8) is 0 Å². The maximum atomic E-state index is 5.89. The Morgan fingerprint density at radius 1 is 1.29 bits per heavy atom. The molecule has 1 aliphatic rings. The van der Waals surface area contributed by atoms with Gasteiger partial charge in [0.2, 0.25) is 0 Å². The number of hydrogen-bond acceptors (Lipinski definition) is 2. The topological polar surface area (TPSA) is 35.2 Å². The first-order chi connectivity index (χ1) is 6.79. The van der Waals surface area contributed by atoms with E-state index in [0.717, 1.165) is 0 Å². The fourth-order valence-corrected chi connectivity index (χ4v) is 1.81. The second-order valence-corrected chi connectivity index (χ2v) is 3.73. The quantitative estimate of drug-likeness (QED) is 0.774. The van der Waals surface area contributed by atoms with Gasteiger partial charge in [-0.05, 0) is 18.6 Å². The number of nitrogens with two attached hydrogens (primary N) is 1. The Labute approximate surface area is 84.4 Å². The Kier molecular flexibility index (Phi) is 2.55. The summed E-state index contributed by atoms with van der Waals surface area (Å²) in [5.41, 5.74) is 7.09. The van der Waals surface area contributed by atoms with Crippen molar-refractivity contribution >= 4 is 0 Å². The van der Waals surface area contributed by atoms with Gasteiger partial charge in [0, 0.05) is 12.0 Å². The van der Waals surface area contributed by atoms with Crippen LogP contribution in [0.2, 0.25) is 0 Å². The van der Waals surface area contributed by atoms with Gasteiger partial charge >= 0.3 is 0 Å². The van der Waals surface area contributed by atoms with Crippen molar-refractivity contribution in [3.05, 3.63) is 48.2 Å². The van der Waals surface area contributed by atoms with E-state index in [0.29, 0.717) is 0 Å². The molecule has 0 radical (unpaired) electrons. The Bertz CT molecular complexity index is 318. The number of rotatable bonds is 2. The van der Waals surface area contributed by atoms with Gasteiger partial charge < -0.3 is 10.5 Å². The first kappa shape index (κ1) is 9.28. The third-order valence-electron chi connectivity index (χ3n) is 2.61. The molecule has 14 heavy (non-hydrogen) atoms. The van der Waals surface area contributed by atoms with Gasteiger partial charge in [-0.25, -0.2) is 0 Å². The molecule has 74 valence electrons. The Morgan fingerprint density at radius 3 is 2.64 bits per heavy atom. The fourth-order valence-electron chi connectivity index (χ4n) is 1.81. The van der Waals surface area contributed by atoms with Crippen LogP contribution in [0.25, 0.3) is 0 Å². The van der Waals surface area contributed by atoms with Crippen molar-refractivity contribution in [1.82, 2.24) is 0 Å². The maximum absolute atomic E-state index is 5.89. The highest BCUT2D eigenvalue weighted by Crippen LogP contribution is 2.33.